The number of hydrogen-bond acceptors (Lipinski definition) is 5. The molecular weight excluding hydrogens is 318 g/mol. The Bertz CT molecular complexity index is 550. The Morgan fingerprint density at radius 2 is 2.24 bits per heavy atom. The summed E-state index contributed by atoms with van der Waals surface area (Å²) < 4.78 is 5.75. The molecule has 2 rings (SSSR count). The van der Waals surface area contributed by atoms with Gasteiger partial charge in [-0.3, -0.25) is 4.90 Å². The SMILES string of the molecule is CC(C)CN1CCOC(CNC(=O)NCc2ccnc(N(C)C)c2)C1. The summed E-state index contributed by atoms with van der Waals surface area (Å²) in [4.78, 5) is 20.6. The van der Waals surface area contributed by atoms with Crippen LogP contribution in [0.15, 0.2) is 18.3 Å². The Morgan fingerprint density at radius 3 is 2.96 bits per heavy atom. The molecule has 25 heavy (non-hydrogen) atoms. The van der Waals surface area contributed by atoms with Gasteiger partial charge in [-0.15, -0.1) is 0 Å². The number of morpholine rings is 1. The number of hydrogen-bond donors (Lipinski definition) is 2. The number of urea groups is 1. The zero-order chi connectivity index (χ0) is 18.2. The standard InChI is InChI=1S/C18H31N5O2/c1-14(2)12-23-7-8-25-16(13-23)11-21-18(24)20-10-15-5-6-19-17(9-15)22(3)4/h5-6,9,14,16H,7-8,10-13H2,1-4H3,(H2,20,21,24). The van der Waals surface area contributed by atoms with Crippen LogP contribution in [-0.4, -0.2) is 68.9 Å². The molecule has 1 aromatic heterocycles. The fourth-order valence-electron chi connectivity index (χ4n) is 2.85. The highest BCUT2D eigenvalue weighted by Crippen LogP contribution is 2.09. The van der Waals surface area contributed by atoms with Crippen molar-refractivity contribution in [3.05, 3.63) is 23.9 Å². The molecule has 1 fully saturated rings. The molecule has 0 radical (unpaired) electrons. The summed E-state index contributed by atoms with van der Waals surface area (Å²) in [7, 11) is 3.89. The third-order valence-electron chi connectivity index (χ3n) is 4.06. The van der Waals surface area contributed by atoms with Gasteiger partial charge >= 0.3 is 6.03 Å². The topological polar surface area (TPSA) is 69.7 Å². The van der Waals surface area contributed by atoms with Crippen LogP contribution in [0, 0.1) is 5.92 Å². The molecule has 0 spiro atoms. The Morgan fingerprint density at radius 1 is 1.44 bits per heavy atom. The quantitative estimate of drug-likeness (QED) is 0.777. The van der Waals surface area contributed by atoms with Gasteiger partial charge in [-0.25, -0.2) is 9.78 Å². The van der Waals surface area contributed by atoms with E-state index in [-0.39, 0.29) is 12.1 Å². The largest absolute Gasteiger partial charge is 0.374 e. The Kier molecular flexibility index (Phi) is 7.46. The van der Waals surface area contributed by atoms with Crippen molar-refractivity contribution in [3.8, 4) is 0 Å². The summed E-state index contributed by atoms with van der Waals surface area (Å²) >= 11 is 0. The fourth-order valence-corrected chi connectivity index (χ4v) is 2.85. The van der Waals surface area contributed by atoms with Gasteiger partial charge in [0.2, 0.25) is 0 Å². The van der Waals surface area contributed by atoms with Gasteiger partial charge in [0.15, 0.2) is 0 Å². The molecule has 1 aromatic rings. The summed E-state index contributed by atoms with van der Waals surface area (Å²) in [5, 5.41) is 5.79. The Balaban J connectivity index is 1.71. The number of carbonyl (C=O) groups excluding carboxylic acids is 1. The lowest BCUT2D eigenvalue weighted by molar-refractivity contribution is -0.0290. The highest BCUT2D eigenvalue weighted by molar-refractivity contribution is 5.73. The number of nitrogens with zero attached hydrogens (tertiary/aromatic N) is 3. The molecule has 1 atom stereocenters. The maximum absolute atomic E-state index is 12.0. The van der Waals surface area contributed by atoms with Gasteiger partial charge in [0.1, 0.15) is 5.82 Å². The third kappa shape index (κ3) is 6.88. The van der Waals surface area contributed by atoms with Gasteiger partial charge in [-0.1, -0.05) is 13.8 Å². The van der Waals surface area contributed by atoms with E-state index < -0.39 is 0 Å². The first kappa shape index (κ1) is 19.5. The number of rotatable bonds is 7. The first-order chi connectivity index (χ1) is 11.9. The van der Waals surface area contributed by atoms with Crippen LogP contribution in [0.2, 0.25) is 0 Å². The van der Waals surface area contributed by atoms with E-state index in [0.29, 0.717) is 19.0 Å². The van der Waals surface area contributed by atoms with Gasteiger partial charge in [0.25, 0.3) is 0 Å². The minimum atomic E-state index is -0.173. The molecule has 0 aromatic carbocycles. The molecule has 2 N–H and O–H groups in total. The van der Waals surface area contributed by atoms with Crippen LogP contribution >= 0.6 is 0 Å². The number of carbonyl (C=O) groups is 1. The highest BCUT2D eigenvalue weighted by atomic mass is 16.5. The zero-order valence-corrected chi connectivity index (χ0v) is 15.8. The highest BCUT2D eigenvalue weighted by Gasteiger charge is 2.21. The number of anilines is 1. The molecule has 140 valence electrons. The summed E-state index contributed by atoms with van der Waals surface area (Å²) in [6.45, 7) is 9.08. The maximum atomic E-state index is 12.0. The predicted octanol–water partition coefficient (Wildman–Crippen LogP) is 1.30. The van der Waals surface area contributed by atoms with Gasteiger partial charge < -0.3 is 20.3 Å². The number of ether oxygens (including phenoxy) is 1. The van der Waals surface area contributed by atoms with Crippen molar-refractivity contribution in [2.45, 2.75) is 26.5 Å². The summed E-state index contributed by atoms with van der Waals surface area (Å²) in [5.74, 6) is 1.52. The van der Waals surface area contributed by atoms with Crippen LogP contribution in [0.3, 0.4) is 0 Å². The molecule has 0 aliphatic carbocycles. The van der Waals surface area contributed by atoms with E-state index in [0.717, 1.165) is 37.6 Å². The van der Waals surface area contributed by atoms with Crippen molar-refractivity contribution >= 4 is 11.8 Å². The molecule has 2 heterocycles. The Labute approximate surface area is 150 Å². The molecular formula is C18H31N5O2. The van der Waals surface area contributed by atoms with Crippen molar-refractivity contribution in [1.29, 1.82) is 0 Å². The zero-order valence-electron chi connectivity index (χ0n) is 15.8. The predicted molar refractivity (Wildman–Crippen MR) is 99.8 cm³/mol. The van der Waals surface area contributed by atoms with E-state index >= 15 is 0 Å². The second-order valence-corrected chi connectivity index (χ2v) is 7.13. The first-order valence-corrected chi connectivity index (χ1v) is 8.92. The number of pyridine rings is 1. The maximum Gasteiger partial charge on any atom is 0.315 e. The molecule has 7 heteroatoms. The average molecular weight is 349 g/mol. The van der Waals surface area contributed by atoms with Gasteiger partial charge in [-0.2, -0.15) is 0 Å². The van der Waals surface area contributed by atoms with Crippen LogP contribution < -0.4 is 15.5 Å². The van der Waals surface area contributed by atoms with Crippen LogP contribution in [0.1, 0.15) is 19.4 Å². The molecule has 1 aliphatic rings. The average Bonchev–Trinajstić information content (AvgIpc) is 2.58. The number of aromatic nitrogens is 1. The van der Waals surface area contributed by atoms with Crippen LogP contribution in [0.5, 0.6) is 0 Å². The van der Waals surface area contributed by atoms with Crippen LogP contribution in [0.25, 0.3) is 0 Å². The molecule has 7 nitrogen and oxygen atoms in total. The lowest BCUT2D eigenvalue weighted by atomic mass is 10.2. The van der Waals surface area contributed by atoms with Crippen LogP contribution in [0.4, 0.5) is 10.6 Å². The van der Waals surface area contributed by atoms with Crippen molar-refractivity contribution in [1.82, 2.24) is 20.5 Å². The number of nitrogens with one attached hydrogen (secondary N) is 2. The minimum Gasteiger partial charge on any atom is -0.374 e. The van der Waals surface area contributed by atoms with Gasteiger partial charge in [0.05, 0.1) is 12.7 Å². The van der Waals surface area contributed by atoms with E-state index in [1.807, 2.05) is 31.1 Å². The molecule has 1 aliphatic heterocycles. The molecule has 1 saturated heterocycles. The molecule has 1 unspecified atom stereocenters. The van der Waals surface area contributed by atoms with E-state index in [1.165, 1.54) is 0 Å². The van der Waals surface area contributed by atoms with E-state index in [2.05, 4.69) is 34.4 Å². The minimum absolute atomic E-state index is 0.0551. The first-order valence-electron chi connectivity index (χ1n) is 8.92. The molecule has 0 saturated carbocycles. The second kappa shape index (κ2) is 9.58. The van der Waals surface area contributed by atoms with Gasteiger partial charge in [-0.05, 0) is 23.6 Å². The van der Waals surface area contributed by atoms with E-state index in [1.54, 1.807) is 6.20 Å². The summed E-state index contributed by atoms with van der Waals surface area (Å²) in [6, 6.07) is 3.70. The van der Waals surface area contributed by atoms with Gasteiger partial charge in [0, 0.05) is 53.0 Å². The van der Waals surface area contributed by atoms with Crippen molar-refractivity contribution in [2.24, 2.45) is 5.92 Å². The lowest BCUT2D eigenvalue weighted by Gasteiger charge is -2.33. The van der Waals surface area contributed by atoms with Crippen molar-refractivity contribution in [2.75, 3.05) is 51.8 Å². The molecule has 0 bridgehead atoms. The second-order valence-electron chi connectivity index (χ2n) is 7.13. The smallest absolute Gasteiger partial charge is 0.315 e. The summed E-state index contributed by atoms with van der Waals surface area (Å²) in [6.07, 6.45) is 1.81. The molecule has 2 amide bonds. The lowest BCUT2D eigenvalue weighted by Crippen LogP contribution is -2.49. The monoisotopic (exact) mass is 349 g/mol. The summed E-state index contributed by atoms with van der Waals surface area (Å²) in [5.41, 5.74) is 1.02. The van der Waals surface area contributed by atoms with E-state index in [9.17, 15) is 4.79 Å². The van der Waals surface area contributed by atoms with Crippen LogP contribution in [-0.2, 0) is 11.3 Å². The fraction of sp³-hybridized carbons (Fsp3) is 0.667. The van der Waals surface area contributed by atoms with Crippen molar-refractivity contribution < 1.29 is 9.53 Å². The Hall–Kier alpha value is -1.86. The van der Waals surface area contributed by atoms with E-state index in [4.69, 9.17) is 4.74 Å². The third-order valence-corrected chi connectivity index (χ3v) is 4.06. The normalized spacial score (nSPS) is 18.2. The van der Waals surface area contributed by atoms with Crippen molar-refractivity contribution in [3.63, 3.8) is 0 Å². The number of amides is 2.